The fourth-order valence-electron chi connectivity index (χ4n) is 11.9. The van der Waals surface area contributed by atoms with Crippen LogP contribution < -0.4 is 10.4 Å². The zero-order chi connectivity index (χ0) is 48.9. The Kier molecular flexibility index (Phi) is 15.2. The molecule has 5 aliphatic rings. The summed E-state index contributed by atoms with van der Waals surface area (Å²) in [5.74, 6) is -1.75. The van der Waals surface area contributed by atoms with Crippen LogP contribution in [0, 0.1) is 11.8 Å². The van der Waals surface area contributed by atoms with E-state index in [4.69, 9.17) is 23.4 Å². The van der Waals surface area contributed by atoms with E-state index >= 15 is 4.79 Å². The van der Waals surface area contributed by atoms with Gasteiger partial charge in [0.15, 0.2) is 12.2 Å². The zero-order valence-corrected chi connectivity index (χ0v) is 40.6. The molecular weight excluding hydrogens is 885 g/mol. The molecule has 0 spiro atoms. The standard InChI is InChI=1S/C59H66O11/c1-36(2)46-23-19-37-17-20-40(21-18-37)47-24-22-42(41-14-10-13-39(30-41)29-38-11-6-4-7-12-38)31-44(47)32-51(63)67-55-53-50(70-59(3,56(55)69-57(46)64)45-15-8-5-9-16-45)26-25-48-49(33-61)52(58(65)68-54(48)53)43(27-28-60)34-66-35-62/h4,6-7,10-14,17-18,20-22,24-26,30,42-45,47,55-56,60-62H,5,8-9,15-16,19,23,27-29,31-35H2,1-3H3/t42-,43-,44+,47+,55-,56+,59+/m1/s1. The summed E-state index contributed by atoms with van der Waals surface area (Å²) in [6, 6.07) is 31.1. The smallest absolute Gasteiger partial charge is 0.340 e. The van der Waals surface area contributed by atoms with Crippen LogP contribution >= 0.6 is 0 Å². The van der Waals surface area contributed by atoms with Crippen molar-refractivity contribution in [2.45, 2.75) is 134 Å². The van der Waals surface area contributed by atoms with Crippen LogP contribution in [0.5, 0.6) is 5.75 Å². The van der Waals surface area contributed by atoms with E-state index in [-0.39, 0.29) is 72.0 Å². The molecule has 0 saturated heterocycles. The number of benzene rings is 4. The van der Waals surface area contributed by atoms with Gasteiger partial charge in [-0.25, -0.2) is 9.59 Å². The molecule has 0 amide bonds. The Hall–Kier alpha value is -5.85. The van der Waals surface area contributed by atoms with Crippen LogP contribution in [0.4, 0.5) is 0 Å². The van der Waals surface area contributed by atoms with Crippen molar-refractivity contribution in [1.29, 1.82) is 0 Å². The maximum Gasteiger partial charge on any atom is 0.340 e. The van der Waals surface area contributed by atoms with Gasteiger partial charge in [0.05, 0.1) is 18.8 Å². The van der Waals surface area contributed by atoms with E-state index in [2.05, 4.69) is 84.9 Å². The minimum absolute atomic E-state index is 0.0333. The van der Waals surface area contributed by atoms with Crippen molar-refractivity contribution in [3.05, 3.63) is 169 Å². The molecule has 11 nitrogen and oxygen atoms in total. The molecule has 1 fully saturated rings. The average Bonchev–Trinajstić information content (AvgIpc) is 3.36. The van der Waals surface area contributed by atoms with Crippen molar-refractivity contribution in [3.63, 3.8) is 0 Å². The largest absolute Gasteiger partial charge is 0.483 e. The van der Waals surface area contributed by atoms with Crippen LogP contribution in [0.3, 0.4) is 0 Å². The Labute approximate surface area is 410 Å². The molecule has 0 unspecified atom stereocenters. The lowest BCUT2D eigenvalue weighted by Gasteiger charge is -2.50. The summed E-state index contributed by atoms with van der Waals surface area (Å²) >= 11 is 0. The molecule has 4 heterocycles. The summed E-state index contributed by atoms with van der Waals surface area (Å²) in [6.45, 7) is 4.18. The van der Waals surface area contributed by atoms with Crippen LogP contribution in [0.25, 0.3) is 11.0 Å². The number of aryl methyl sites for hydroxylation is 1. The summed E-state index contributed by atoms with van der Waals surface area (Å²) < 4.78 is 32.4. The number of esters is 2. The number of carbonyl (C=O) groups is 2. The third-order valence-corrected chi connectivity index (χ3v) is 15.6. The van der Waals surface area contributed by atoms with Crippen molar-refractivity contribution in [2.75, 3.05) is 20.0 Å². The summed E-state index contributed by atoms with van der Waals surface area (Å²) in [6.07, 6.45) is 9.30. The van der Waals surface area contributed by atoms with E-state index in [1.165, 1.54) is 16.7 Å². The van der Waals surface area contributed by atoms with Gasteiger partial charge in [0, 0.05) is 53.2 Å². The van der Waals surface area contributed by atoms with Crippen molar-refractivity contribution in [2.24, 2.45) is 11.8 Å². The highest BCUT2D eigenvalue weighted by molar-refractivity contribution is 5.90. The van der Waals surface area contributed by atoms with Gasteiger partial charge < -0.3 is 38.7 Å². The summed E-state index contributed by atoms with van der Waals surface area (Å²) in [7, 11) is 0. The van der Waals surface area contributed by atoms with Gasteiger partial charge in [0.25, 0.3) is 0 Å². The van der Waals surface area contributed by atoms with Crippen molar-refractivity contribution >= 4 is 22.9 Å². The maximum atomic E-state index is 15.2. The Bertz CT molecular complexity index is 2780. The molecule has 4 aromatic carbocycles. The number of fused-ring (bicyclic) bond motifs is 11. The van der Waals surface area contributed by atoms with Crippen molar-refractivity contribution in [3.8, 4) is 5.75 Å². The number of rotatable bonds is 11. The SMILES string of the molecule is CC(C)=C1CCc2ccc(cc2)[C@@H]2C=C[C@@H](c3cccc(Cc4ccccc4)c3)C[C@H]2CC(=O)O[C@@H]2c3c(ccc4c(CO)c([C@H](CCO)COCO)c(=O)oc34)O[C@@](C)(C3CCCCC3)[C@H]2OC1=O. The van der Waals surface area contributed by atoms with Crippen LogP contribution in [0.15, 0.2) is 124 Å². The van der Waals surface area contributed by atoms with Gasteiger partial charge in [-0.05, 0) is 117 Å². The van der Waals surface area contributed by atoms with E-state index < -0.39 is 54.7 Å². The number of ether oxygens (including phenoxy) is 4. The molecule has 70 heavy (non-hydrogen) atoms. The van der Waals surface area contributed by atoms with Crippen molar-refractivity contribution < 1.29 is 48.3 Å². The third-order valence-electron chi connectivity index (χ3n) is 15.6. The number of aliphatic hydroxyl groups is 3. The molecular formula is C59H66O11. The molecule has 1 saturated carbocycles. The highest BCUT2D eigenvalue weighted by Crippen LogP contribution is 2.53. The molecule has 7 atom stereocenters. The van der Waals surface area contributed by atoms with Gasteiger partial charge in [-0.3, -0.25) is 4.79 Å². The number of aliphatic hydroxyl groups excluding tert-OH is 3. The highest BCUT2D eigenvalue weighted by Gasteiger charge is 2.56. The highest BCUT2D eigenvalue weighted by atomic mass is 16.6. The molecule has 11 heteroatoms. The van der Waals surface area contributed by atoms with Crippen molar-refractivity contribution in [1.82, 2.24) is 0 Å². The predicted octanol–water partition coefficient (Wildman–Crippen LogP) is 10.4. The zero-order valence-electron chi connectivity index (χ0n) is 40.6. The molecule has 5 aromatic rings. The van der Waals surface area contributed by atoms with Gasteiger partial charge in [0.2, 0.25) is 0 Å². The number of carbonyl (C=O) groups excluding carboxylic acids is 2. The lowest BCUT2D eigenvalue weighted by molar-refractivity contribution is -0.201. The molecule has 0 radical (unpaired) electrons. The quantitative estimate of drug-likeness (QED) is 0.0380. The van der Waals surface area contributed by atoms with E-state index in [0.29, 0.717) is 36.0 Å². The molecule has 10 rings (SSSR count). The van der Waals surface area contributed by atoms with Gasteiger partial charge in [-0.1, -0.05) is 116 Å². The Morgan fingerprint density at radius 1 is 0.829 bits per heavy atom. The van der Waals surface area contributed by atoms with E-state index in [9.17, 15) is 24.9 Å². The number of hydrogen-bond acceptors (Lipinski definition) is 11. The fourth-order valence-corrected chi connectivity index (χ4v) is 11.9. The second-order valence-electron chi connectivity index (χ2n) is 20.2. The first kappa shape index (κ1) is 49.1. The maximum absolute atomic E-state index is 15.2. The molecule has 3 N–H and O–H groups in total. The molecule has 368 valence electrons. The van der Waals surface area contributed by atoms with Gasteiger partial charge in [0.1, 0.15) is 23.7 Å². The molecule has 2 aliphatic carbocycles. The minimum Gasteiger partial charge on any atom is -0.483 e. The fraction of sp³-hybridized carbons (Fsp3) is 0.441. The first-order valence-electron chi connectivity index (χ1n) is 25.2. The average molecular weight is 951 g/mol. The van der Waals surface area contributed by atoms with E-state index in [1.807, 2.05) is 26.8 Å². The summed E-state index contributed by atoms with van der Waals surface area (Å²) in [4.78, 5) is 44.4. The second-order valence-corrected chi connectivity index (χ2v) is 20.2. The van der Waals surface area contributed by atoms with Crippen LogP contribution in [-0.2, 0) is 43.2 Å². The predicted molar refractivity (Wildman–Crippen MR) is 266 cm³/mol. The molecule has 2 bridgehead atoms. The minimum atomic E-state index is -1.28. The monoisotopic (exact) mass is 950 g/mol. The third kappa shape index (κ3) is 10.2. The number of hydrogen-bond donors (Lipinski definition) is 3. The van der Waals surface area contributed by atoms with E-state index in [0.717, 1.165) is 55.2 Å². The Balaban J connectivity index is 1.18. The topological polar surface area (TPSA) is 162 Å². The van der Waals surface area contributed by atoms with Crippen LogP contribution in [-0.4, -0.2) is 59.0 Å². The Morgan fingerprint density at radius 3 is 2.33 bits per heavy atom. The van der Waals surface area contributed by atoms with Crippen LogP contribution in [0.1, 0.15) is 147 Å². The first-order chi connectivity index (χ1) is 34.0. The second kappa shape index (κ2) is 21.6. The van der Waals surface area contributed by atoms with Gasteiger partial charge >= 0.3 is 17.6 Å². The van der Waals surface area contributed by atoms with Crippen LogP contribution in [0.2, 0.25) is 0 Å². The number of allylic oxidation sites excluding steroid dienone is 3. The normalized spacial score (nSPS) is 24.5. The first-order valence-corrected chi connectivity index (χ1v) is 25.2. The summed E-state index contributed by atoms with van der Waals surface area (Å²) in [5, 5.41) is 30.9. The van der Waals surface area contributed by atoms with E-state index in [1.54, 1.807) is 12.1 Å². The van der Waals surface area contributed by atoms with Gasteiger partial charge in [-0.2, -0.15) is 0 Å². The Morgan fingerprint density at radius 2 is 1.60 bits per heavy atom. The molecule has 1 aromatic heterocycles. The lowest BCUT2D eigenvalue weighted by Crippen LogP contribution is -2.58. The lowest BCUT2D eigenvalue weighted by atomic mass is 9.71. The molecule has 3 aliphatic heterocycles. The summed E-state index contributed by atoms with van der Waals surface area (Å²) in [5.41, 5.74) is 5.78. The van der Waals surface area contributed by atoms with Gasteiger partial charge in [-0.15, -0.1) is 0 Å².